The predicted octanol–water partition coefficient (Wildman–Crippen LogP) is 5.80. The summed E-state index contributed by atoms with van der Waals surface area (Å²) in [5.74, 6) is 2.19. The average Bonchev–Trinajstić information content (AvgIpc) is 3.14. The number of nitrogens with one attached hydrogen (secondary N) is 2. The lowest BCUT2D eigenvalue weighted by molar-refractivity contribution is 0.414. The van der Waals surface area contributed by atoms with E-state index in [2.05, 4.69) is 34.7 Å². The fourth-order valence-corrected chi connectivity index (χ4v) is 3.64. The molecular formula is C21H20N4OS. The third kappa shape index (κ3) is 3.57. The normalized spacial score (nSPS) is 10.8. The van der Waals surface area contributed by atoms with Crippen LogP contribution in [-0.2, 0) is 0 Å². The molecule has 2 N–H and O–H groups in total. The van der Waals surface area contributed by atoms with Crippen LogP contribution in [0.15, 0.2) is 53.9 Å². The lowest BCUT2D eigenvalue weighted by Crippen LogP contribution is -2.03. The SMILES string of the molecule is COc1ccc(Nc2nc(Nc3ccccc3C)c3sccc3n2)c(C)c1. The summed E-state index contributed by atoms with van der Waals surface area (Å²) in [7, 11) is 1.67. The van der Waals surface area contributed by atoms with E-state index >= 15 is 0 Å². The van der Waals surface area contributed by atoms with Crippen molar-refractivity contribution in [2.75, 3.05) is 17.7 Å². The molecule has 0 aliphatic carbocycles. The monoisotopic (exact) mass is 376 g/mol. The van der Waals surface area contributed by atoms with E-state index in [4.69, 9.17) is 9.72 Å². The van der Waals surface area contributed by atoms with Crippen LogP contribution < -0.4 is 15.4 Å². The molecule has 4 rings (SSSR count). The lowest BCUT2D eigenvalue weighted by Gasteiger charge is -2.13. The van der Waals surface area contributed by atoms with Crippen LogP contribution in [0.3, 0.4) is 0 Å². The van der Waals surface area contributed by atoms with E-state index in [0.717, 1.165) is 38.7 Å². The van der Waals surface area contributed by atoms with E-state index < -0.39 is 0 Å². The van der Waals surface area contributed by atoms with Crippen LogP contribution in [0.1, 0.15) is 11.1 Å². The quantitative estimate of drug-likeness (QED) is 0.461. The lowest BCUT2D eigenvalue weighted by atomic mass is 10.2. The number of benzene rings is 2. The molecule has 0 atom stereocenters. The Kier molecular flexibility index (Phi) is 4.64. The molecule has 4 aromatic rings. The minimum atomic E-state index is 0.560. The van der Waals surface area contributed by atoms with Crippen molar-refractivity contribution in [1.82, 2.24) is 9.97 Å². The molecule has 2 aromatic carbocycles. The Morgan fingerprint density at radius 2 is 1.70 bits per heavy atom. The topological polar surface area (TPSA) is 59.1 Å². The van der Waals surface area contributed by atoms with Gasteiger partial charge in [-0.1, -0.05) is 18.2 Å². The Hall–Kier alpha value is -3.12. The Balaban J connectivity index is 1.71. The maximum absolute atomic E-state index is 5.28. The van der Waals surface area contributed by atoms with Crippen molar-refractivity contribution >= 4 is 44.7 Å². The number of hydrogen-bond donors (Lipinski definition) is 2. The van der Waals surface area contributed by atoms with Gasteiger partial charge in [0.2, 0.25) is 5.95 Å². The molecule has 0 aliphatic rings. The largest absolute Gasteiger partial charge is 0.497 e. The first-order valence-electron chi connectivity index (χ1n) is 8.63. The van der Waals surface area contributed by atoms with Gasteiger partial charge in [-0.2, -0.15) is 4.98 Å². The zero-order valence-electron chi connectivity index (χ0n) is 15.4. The van der Waals surface area contributed by atoms with Crippen molar-refractivity contribution in [3.63, 3.8) is 0 Å². The number of anilines is 4. The first-order valence-corrected chi connectivity index (χ1v) is 9.51. The van der Waals surface area contributed by atoms with Crippen LogP contribution in [0.25, 0.3) is 10.2 Å². The number of aromatic nitrogens is 2. The number of nitrogens with zero attached hydrogens (tertiary/aromatic N) is 2. The highest BCUT2D eigenvalue weighted by molar-refractivity contribution is 7.17. The number of fused-ring (bicyclic) bond motifs is 1. The van der Waals surface area contributed by atoms with Gasteiger partial charge in [0.15, 0.2) is 5.82 Å². The molecule has 0 amide bonds. The maximum Gasteiger partial charge on any atom is 0.229 e. The highest BCUT2D eigenvalue weighted by Crippen LogP contribution is 2.32. The Labute approximate surface area is 162 Å². The highest BCUT2D eigenvalue weighted by atomic mass is 32.1. The van der Waals surface area contributed by atoms with Gasteiger partial charge in [-0.25, -0.2) is 4.98 Å². The second-order valence-corrected chi connectivity index (χ2v) is 7.19. The highest BCUT2D eigenvalue weighted by Gasteiger charge is 2.11. The van der Waals surface area contributed by atoms with Crippen molar-refractivity contribution in [3.8, 4) is 5.75 Å². The zero-order chi connectivity index (χ0) is 18.8. The van der Waals surface area contributed by atoms with Gasteiger partial charge in [0.1, 0.15) is 5.75 Å². The van der Waals surface area contributed by atoms with Crippen LogP contribution in [0.4, 0.5) is 23.1 Å². The van der Waals surface area contributed by atoms with Crippen LogP contribution in [-0.4, -0.2) is 17.1 Å². The summed E-state index contributed by atoms with van der Waals surface area (Å²) in [6.45, 7) is 4.11. The van der Waals surface area contributed by atoms with E-state index in [1.807, 2.05) is 48.7 Å². The van der Waals surface area contributed by atoms with Gasteiger partial charge in [-0.15, -0.1) is 11.3 Å². The van der Waals surface area contributed by atoms with Gasteiger partial charge >= 0.3 is 0 Å². The third-order valence-corrected chi connectivity index (χ3v) is 5.29. The van der Waals surface area contributed by atoms with E-state index in [1.165, 1.54) is 5.56 Å². The summed E-state index contributed by atoms with van der Waals surface area (Å²) in [5, 5.41) is 8.83. The number of hydrogen-bond acceptors (Lipinski definition) is 6. The van der Waals surface area contributed by atoms with E-state index in [-0.39, 0.29) is 0 Å². The maximum atomic E-state index is 5.28. The van der Waals surface area contributed by atoms with Gasteiger partial charge in [0, 0.05) is 11.4 Å². The van der Waals surface area contributed by atoms with Crippen molar-refractivity contribution in [2.45, 2.75) is 13.8 Å². The zero-order valence-corrected chi connectivity index (χ0v) is 16.2. The van der Waals surface area contributed by atoms with Crippen LogP contribution in [0, 0.1) is 13.8 Å². The summed E-state index contributed by atoms with van der Waals surface area (Å²) in [5.41, 5.74) is 5.14. The molecule has 136 valence electrons. The minimum absolute atomic E-state index is 0.560. The molecule has 27 heavy (non-hydrogen) atoms. The van der Waals surface area contributed by atoms with Gasteiger partial charge in [-0.3, -0.25) is 0 Å². The number of methoxy groups -OCH3 is 1. The van der Waals surface area contributed by atoms with Gasteiger partial charge < -0.3 is 15.4 Å². The Morgan fingerprint density at radius 3 is 2.48 bits per heavy atom. The molecule has 0 aliphatic heterocycles. The van der Waals surface area contributed by atoms with Crippen molar-refractivity contribution in [2.24, 2.45) is 0 Å². The molecule has 2 aromatic heterocycles. The van der Waals surface area contributed by atoms with E-state index in [1.54, 1.807) is 18.4 Å². The van der Waals surface area contributed by atoms with Crippen molar-refractivity contribution < 1.29 is 4.74 Å². The molecule has 6 heteroatoms. The predicted molar refractivity (Wildman–Crippen MR) is 113 cm³/mol. The van der Waals surface area contributed by atoms with E-state index in [0.29, 0.717) is 5.95 Å². The van der Waals surface area contributed by atoms with Gasteiger partial charge in [0.25, 0.3) is 0 Å². The fraction of sp³-hybridized carbons (Fsp3) is 0.143. The molecule has 0 bridgehead atoms. The van der Waals surface area contributed by atoms with Crippen LogP contribution in [0.5, 0.6) is 5.75 Å². The van der Waals surface area contributed by atoms with Crippen molar-refractivity contribution in [3.05, 3.63) is 65.0 Å². The van der Waals surface area contributed by atoms with Gasteiger partial charge in [0.05, 0.1) is 17.3 Å². The molecule has 5 nitrogen and oxygen atoms in total. The number of thiophene rings is 1. The summed E-state index contributed by atoms with van der Waals surface area (Å²) >= 11 is 1.63. The first kappa shape index (κ1) is 17.3. The second kappa shape index (κ2) is 7.25. The standard InChI is InChI=1S/C21H20N4OS/c1-13-6-4-5-7-16(13)22-20-19-18(10-11-27-19)24-21(25-20)23-17-9-8-15(26-3)12-14(17)2/h4-12H,1-3H3,(H2,22,23,24,25). The Bertz CT molecular complexity index is 1110. The summed E-state index contributed by atoms with van der Waals surface area (Å²) in [6, 6.07) is 16.1. The second-order valence-electron chi connectivity index (χ2n) is 6.28. The number of ether oxygens (including phenoxy) is 1. The molecule has 2 heterocycles. The summed E-state index contributed by atoms with van der Waals surface area (Å²) in [6.07, 6.45) is 0. The third-order valence-electron chi connectivity index (χ3n) is 4.38. The first-order chi connectivity index (χ1) is 13.1. The molecule has 0 radical (unpaired) electrons. The number of rotatable bonds is 5. The molecule has 0 saturated carbocycles. The molecule has 0 fully saturated rings. The summed E-state index contributed by atoms with van der Waals surface area (Å²) < 4.78 is 6.31. The fourth-order valence-electron chi connectivity index (χ4n) is 2.87. The molecule has 0 saturated heterocycles. The minimum Gasteiger partial charge on any atom is -0.497 e. The molecule has 0 unspecified atom stereocenters. The average molecular weight is 376 g/mol. The molecular weight excluding hydrogens is 356 g/mol. The Morgan fingerprint density at radius 1 is 0.889 bits per heavy atom. The number of para-hydroxylation sites is 1. The molecule has 0 spiro atoms. The smallest absolute Gasteiger partial charge is 0.229 e. The van der Waals surface area contributed by atoms with Crippen molar-refractivity contribution in [1.29, 1.82) is 0 Å². The summed E-state index contributed by atoms with van der Waals surface area (Å²) in [4.78, 5) is 9.39. The van der Waals surface area contributed by atoms with Crippen LogP contribution in [0.2, 0.25) is 0 Å². The van der Waals surface area contributed by atoms with Crippen LogP contribution >= 0.6 is 11.3 Å². The van der Waals surface area contributed by atoms with E-state index in [9.17, 15) is 0 Å². The number of aryl methyl sites for hydroxylation is 2. The van der Waals surface area contributed by atoms with Gasteiger partial charge in [-0.05, 0) is 60.7 Å².